The number of rotatable bonds is 7. The molecule has 3 N–H and O–H groups in total. The number of carbonyl (C=O) groups is 2. The van der Waals surface area contributed by atoms with E-state index < -0.39 is 11.8 Å². The van der Waals surface area contributed by atoms with Crippen LogP contribution in [-0.4, -0.2) is 30.1 Å². The van der Waals surface area contributed by atoms with Crippen molar-refractivity contribution in [3.63, 3.8) is 0 Å². The van der Waals surface area contributed by atoms with Gasteiger partial charge in [-0.1, -0.05) is 31.5 Å². The van der Waals surface area contributed by atoms with Crippen LogP contribution in [-0.2, 0) is 4.79 Å². The Morgan fingerprint density at radius 2 is 1.80 bits per heavy atom. The van der Waals surface area contributed by atoms with Crippen LogP contribution < -0.4 is 25.6 Å². The van der Waals surface area contributed by atoms with E-state index >= 15 is 0 Å². The molecule has 0 heterocycles. The molecule has 9 heteroatoms. The van der Waals surface area contributed by atoms with Crippen LogP contribution in [0, 0.1) is 12.8 Å². The summed E-state index contributed by atoms with van der Waals surface area (Å²) in [4.78, 5) is 24.2. The second kappa shape index (κ2) is 11.4. The number of thiocarbonyl (C=S) groups is 1. The maximum absolute atomic E-state index is 12.3. The summed E-state index contributed by atoms with van der Waals surface area (Å²) in [5.41, 5.74) is 6.05. The van der Waals surface area contributed by atoms with Crippen LogP contribution in [0.4, 0.5) is 0 Å². The van der Waals surface area contributed by atoms with Crippen LogP contribution >= 0.6 is 23.8 Å². The molecule has 0 radical (unpaired) electrons. The largest absolute Gasteiger partial charge is 0.493 e. The van der Waals surface area contributed by atoms with Gasteiger partial charge in [-0.15, -0.1) is 0 Å². The van der Waals surface area contributed by atoms with Crippen molar-refractivity contribution in [2.45, 2.75) is 20.8 Å². The molecule has 2 amide bonds. The minimum absolute atomic E-state index is 0.0517. The number of halogens is 1. The molecule has 0 aliphatic rings. The van der Waals surface area contributed by atoms with Crippen LogP contribution in [0.25, 0.3) is 0 Å². The lowest BCUT2D eigenvalue weighted by molar-refractivity contribution is -0.123. The molecular weight excluding hydrogens is 426 g/mol. The Kier molecular flexibility index (Phi) is 8.89. The summed E-state index contributed by atoms with van der Waals surface area (Å²) in [7, 11) is 0. The third-order valence-electron chi connectivity index (χ3n) is 3.72. The first-order valence-corrected chi connectivity index (χ1v) is 10.0. The van der Waals surface area contributed by atoms with Crippen LogP contribution in [0.5, 0.6) is 11.5 Å². The van der Waals surface area contributed by atoms with Gasteiger partial charge < -0.3 is 9.47 Å². The fourth-order valence-corrected chi connectivity index (χ4v) is 2.48. The highest BCUT2D eigenvalue weighted by atomic mass is 35.5. The highest BCUT2D eigenvalue weighted by Crippen LogP contribution is 2.20. The third-order valence-corrected chi connectivity index (χ3v) is 4.35. The fourth-order valence-electron chi connectivity index (χ4n) is 2.21. The minimum atomic E-state index is -0.469. The number of benzene rings is 2. The van der Waals surface area contributed by atoms with Crippen molar-refractivity contribution in [2.24, 2.45) is 5.92 Å². The maximum atomic E-state index is 12.3. The number of hydrazine groups is 1. The molecule has 0 saturated heterocycles. The van der Waals surface area contributed by atoms with E-state index in [1.807, 2.05) is 20.8 Å². The number of ether oxygens (including phenoxy) is 2. The molecule has 7 nitrogen and oxygen atoms in total. The quantitative estimate of drug-likeness (QED) is 0.443. The Hall–Kier alpha value is -2.84. The number of nitrogens with one attached hydrogen (secondary N) is 3. The topological polar surface area (TPSA) is 88.7 Å². The Balaban J connectivity index is 1.76. The van der Waals surface area contributed by atoms with Crippen LogP contribution in [0.2, 0.25) is 5.02 Å². The lowest BCUT2D eigenvalue weighted by atomic mass is 10.2. The molecule has 0 bridgehead atoms. The van der Waals surface area contributed by atoms with Gasteiger partial charge in [-0.05, 0) is 67.0 Å². The smallest absolute Gasteiger partial charge is 0.276 e. The Morgan fingerprint density at radius 3 is 2.50 bits per heavy atom. The average molecular weight is 450 g/mol. The lowest BCUT2D eigenvalue weighted by Gasteiger charge is -2.12. The van der Waals surface area contributed by atoms with Gasteiger partial charge in [0, 0.05) is 10.6 Å². The SMILES string of the molecule is Cc1cc(OCC(=O)NNC(=S)NC(=O)c2cccc(OCC(C)C)c2)ccc1Cl. The van der Waals surface area contributed by atoms with Crippen molar-refractivity contribution in [3.05, 3.63) is 58.6 Å². The molecule has 0 unspecified atom stereocenters. The molecule has 0 fully saturated rings. The highest BCUT2D eigenvalue weighted by Gasteiger charge is 2.10. The molecule has 30 heavy (non-hydrogen) atoms. The van der Waals surface area contributed by atoms with Gasteiger partial charge >= 0.3 is 0 Å². The van der Waals surface area contributed by atoms with Crippen molar-refractivity contribution < 1.29 is 19.1 Å². The number of hydrogen-bond acceptors (Lipinski definition) is 5. The van der Waals surface area contributed by atoms with Crippen molar-refractivity contribution in [1.29, 1.82) is 0 Å². The predicted octanol–water partition coefficient (Wildman–Crippen LogP) is 3.40. The summed E-state index contributed by atoms with van der Waals surface area (Å²) >= 11 is 11.0. The third kappa shape index (κ3) is 7.88. The first-order valence-electron chi connectivity index (χ1n) is 9.26. The lowest BCUT2D eigenvalue weighted by Crippen LogP contribution is -2.49. The minimum Gasteiger partial charge on any atom is -0.493 e. The van der Waals surface area contributed by atoms with Gasteiger partial charge in [0.05, 0.1) is 6.61 Å². The number of carbonyl (C=O) groups excluding carboxylic acids is 2. The second-order valence-corrected chi connectivity index (χ2v) is 7.70. The van der Waals surface area contributed by atoms with Gasteiger partial charge in [0.15, 0.2) is 11.7 Å². The van der Waals surface area contributed by atoms with E-state index in [2.05, 4.69) is 16.2 Å². The van der Waals surface area contributed by atoms with Gasteiger partial charge in [0.1, 0.15) is 11.5 Å². The van der Waals surface area contributed by atoms with Crippen molar-refractivity contribution >= 4 is 40.7 Å². The number of hydrogen-bond donors (Lipinski definition) is 3. The molecule has 2 aromatic carbocycles. The molecule has 2 rings (SSSR count). The van der Waals surface area contributed by atoms with E-state index in [0.29, 0.717) is 34.6 Å². The second-order valence-electron chi connectivity index (χ2n) is 6.89. The van der Waals surface area contributed by atoms with Crippen molar-refractivity contribution in [1.82, 2.24) is 16.2 Å². The average Bonchev–Trinajstić information content (AvgIpc) is 2.71. The van der Waals surface area contributed by atoms with Gasteiger partial charge in [0.2, 0.25) is 0 Å². The summed E-state index contributed by atoms with van der Waals surface area (Å²) in [6.07, 6.45) is 0. The molecule has 0 aromatic heterocycles. The molecule has 160 valence electrons. The molecule has 0 spiro atoms. The summed E-state index contributed by atoms with van der Waals surface area (Å²) in [6, 6.07) is 11.8. The van der Waals surface area contributed by atoms with Gasteiger partial charge in [-0.25, -0.2) is 0 Å². The molecule has 2 aromatic rings. The standard InChI is InChI=1S/C21H24ClN3O4S/c1-13(2)11-28-16-6-4-5-15(10-16)20(27)23-21(30)25-24-19(26)12-29-17-7-8-18(22)14(3)9-17/h4-10,13H,11-12H2,1-3H3,(H,24,26)(H2,23,25,27,30). The monoisotopic (exact) mass is 449 g/mol. The highest BCUT2D eigenvalue weighted by molar-refractivity contribution is 7.80. The first-order chi connectivity index (χ1) is 14.2. The first kappa shape index (κ1) is 23.4. The Morgan fingerprint density at radius 1 is 1.07 bits per heavy atom. The summed E-state index contributed by atoms with van der Waals surface area (Å²) in [5, 5.41) is 3.05. The Bertz CT molecular complexity index is 921. The number of amides is 2. The normalized spacial score (nSPS) is 10.3. The van der Waals surface area contributed by atoms with E-state index in [1.165, 1.54) is 0 Å². The van der Waals surface area contributed by atoms with Gasteiger partial charge in [0.25, 0.3) is 11.8 Å². The van der Waals surface area contributed by atoms with Gasteiger partial charge in [-0.2, -0.15) is 0 Å². The summed E-state index contributed by atoms with van der Waals surface area (Å²) in [6.45, 7) is 6.23. The molecule has 0 atom stereocenters. The van der Waals surface area contributed by atoms with Crippen LogP contribution in [0.1, 0.15) is 29.8 Å². The zero-order chi connectivity index (χ0) is 22.1. The van der Waals surface area contributed by atoms with E-state index in [9.17, 15) is 9.59 Å². The van der Waals surface area contributed by atoms with E-state index in [4.69, 9.17) is 33.3 Å². The molecular formula is C21H24ClN3O4S. The van der Waals surface area contributed by atoms with Crippen molar-refractivity contribution in [3.8, 4) is 11.5 Å². The maximum Gasteiger partial charge on any atom is 0.276 e. The van der Waals surface area contributed by atoms with E-state index in [0.717, 1.165) is 5.56 Å². The zero-order valence-electron chi connectivity index (χ0n) is 17.0. The molecule has 0 aliphatic carbocycles. The number of aryl methyl sites for hydroxylation is 1. The Labute approximate surface area is 186 Å². The van der Waals surface area contributed by atoms with E-state index in [-0.39, 0.29) is 11.7 Å². The van der Waals surface area contributed by atoms with E-state index in [1.54, 1.807) is 42.5 Å². The van der Waals surface area contributed by atoms with Crippen LogP contribution in [0.3, 0.4) is 0 Å². The zero-order valence-corrected chi connectivity index (χ0v) is 18.5. The van der Waals surface area contributed by atoms with Crippen LogP contribution in [0.15, 0.2) is 42.5 Å². The predicted molar refractivity (Wildman–Crippen MR) is 120 cm³/mol. The fraction of sp³-hybridized carbons (Fsp3) is 0.286. The molecule has 0 aliphatic heterocycles. The van der Waals surface area contributed by atoms with Crippen molar-refractivity contribution in [2.75, 3.05) is 13.2 Å². The summed E-state index contributed by atoms with van der Waals surface area (Å²) < 4.78 is 11.0. The summed E-state index contributed by atoms with van der Waals surface area (Å²) in [5.74, 6) is 0.587. The molecule has 0 saturated carbocycles. The van der Waals surface area contributed by atoms with Gasteiger partial charge in [-0.3, -0.25) is 25.8 Å².